The van der Waals surface area contributed by atoms with E-state index in [1.54, 1.807) is 26.4 Å². The number of carbonyl (C=O) groups is 1. The Balaban J connectivity index is 1.62. The van der Waals surface area contributed by atoms with Crippen molar-refractivity contribution in [3.63, 3.8) is 0 Å². The summed E-state index contributed by atoms with van der Waals surface area (Å²) in [6.45, 7) is 2.22. The van der Waals surface area contributed by atoms with Gasteiger partial charge in [0.2, 0.25) is 0 Å². The number of ether oxygens (including phenoxy) is 3. The van der Waals surface area contributed by atoms with Crippen molar-refractivity contribution in [2.45, 2.75) is 37.8 Å². The fourth-order valence-corrected chi connectivity index (χ4v) is 5.07. The summed E-state index contributed by atoms with van der Waals surface area (Å²) < 4.78 is 17.4. The van der Waals surface area contributed by atoms with Crippen molar-refractivity contribution in [2.24, 2.45) is 5.92 Å². The number of nitrogens with zero attached hydrogens (tertiary/aromatic N) is 2. The molecule has 2 aromatic carbocycles. The predicted octanol–water partition coefficient (Wildman–Crippen LogP) is 4.23. The third-order valence-electron chi connectivity index (χ3n) is 6.70. The van der Waals surface area contributed by atoms with E-state index < -0.39 is 0 Å². The van der Waals surface area contributed by atoms with Gasteiger partial charge in [0.25, 0.3) is 5.91 Å². The Morgan fingerprint density at radius 3 is 2.50 bits per heavy atom. The van der Waals surface area contributed by atoms with E-state index >= 15 is 0 Å². The molecule has 0 bridgehead atoms. The number of hydrogen-bond acceptors (Lipinski definition) is 5. The first-order valence-electron chi connectivity index (χ1n) is 11.4. The molecule has 0 N–H and O–H groups in total. The summed E-state index contributed by atoms with van der Waals surface area (Å²) in [5.41, 5.74) is 1.30. The molecule has 1 saturated carbocycles. The van der Waals surface area contributed by atoms with Gasteiger partial charge in [-0.1, -0.05) is 18.2 Å². The minimum absolute atomic E-state index is 0.0129. The number of fused-ring (bicyclic) bond motifs is 1. The Kier molecular flexibility index (Phi) is 6.60. The molecule has 4 rings (SSSR count). The van der Waals surface area contributed by atoms with Crippen LogP contribution in [-0.2, 0) is 6.54 Å². The smallest absolute Gasteiger partial charge is 0.254 e. The summed E-state index contributed by atoms with van der Waals surface area (Å²) in [5, 5.41) is 0. The molecule has 1 fully saturated rings. The minimum atomic E-state index is -0.346. The first kappa shape index (κ1) is 22.5. The molecule has 1 heterocycles. The zero-order chi connectivity index (χ0) is 22.7. The van der Waals surface area contributed by atoms with Gasteiger partial charge in [0, 0.05) is 24.2 Å². The molecular formula is C26H34N2O4. The standard InChI is InChI=1S/C26H34N2O4/c1-27(2)16-19-11-13-26(14-12-19)18-28(17-21-7-5-6-8-22(21)32-26)25(29)20-9-10-23(30-3)24(15-20)31-4/h5-10,15,19H,11-14,16-18H2,1-4H3. The maximum atomic E-state index is 13.6. The summed E-state index contributed by atoms with van der Waals surface area (Å²) >= 11 is 0. The molecule has 1 amide bonds. The van der Waals surface area contributed by atoms with Gasteiger partial charge in [0.15, 0.2) is 11.5 Å². The summed E-state index contributed by atoms with van der Waals surface area (Å²) in [4.78, 5) is 17.8. The predicted molar refractivity (Wildman–Crippen MR) is 125 cm³/mol. The highest BCUT2D eigenvalue weighted by Gasteiger charge is 2.42. The van der Waals surface area contributed by atoms with Gasteiger partial charge in [-0.3, -0.25) is 4.79 Å². The van der Waals surface area contributed by atoms with Gasteiger partial charge < -0.3 is 24.0 Å². The fourth-order valence-electron chi connectivity index (χ4n) is 5.07. The molecule has 0 aromatic heterocycles. The highest BCUT2D eigenvalue weighted by Crippen LogP contribution is 2.40. The topological polar surface area (TPSA) is 51.2 Å². The summed E-state index contributed by atoms with van der Waals surface area (Å²) in [6.07, 6.45) is 4.13. The van der Waals surface area contributed by atoms with Gasteiger partial charge in [0.05, 0.1) is 20.8 Å². The summed E-state index contributed by atoms with van der Waals surface area (Å²) in [6, 6.07) is 13.5. The van der Waals surface area contributed by atoms with Crippen molar-refractivity contribution in [2.75, 3.05) is 41.4 Å². The minimum Gasteiger partial charge on any atom is -0.493 e. The van der Waals surface area contributed by atoms with E-state index in [1.807, 2.05) is 29.2 Å². The van der Waals surface area contributed by atoms with E-state index in [0.29, 0.717) is 36.1 Å². The van der Waals surface area contributed by atoms with Crippen LogP contribution in [0.25, 0.3) is 0 Å². The van der Waals surface area contributed by atoms with Crippen LogP contribution in [0.1, 0.15) is 41.6 Å². The Bertz CT molecular complexity index is 951. The van der Waals surface area contributed by atoms with Crippen molar-refractivity contribution in [1.82, 2.24) is 9.80 Å². The molecule has 2 aliphatic rings. The lowest BCUT2D eigenvalue weighted by atomic mass is 9.78. The molecule has 32 heavy (non-hydrogen) atoms. The van der Waals surface area contributed by atoms with E-state index in [0.717, 1.165) is 43.5 Å². The average molecular weight is 439 g/mol. The van der Waals surface area contributed by atoms with Crippen LogP contribution in [0.2, 0.25) is 0 Å². The van der Waals surface area contributed by atoms with Gasteiger partial charge >= 0.3 is 0 Å². The second-order valence-corrected chi connectivity index (χ2v) is 9.33. The highest BCUT2D eigenvalue weighted by molar-refractivity contribution is 5.95. The van der Waals surface area contributed by atoms with Crippen molar-refractivity contribution in [3.05, 3.63) is 53.6 Å². The number of carbonyl (C=O) groups excluding carboxylic acids is 1. The van der Waals surface area contributed by atoms with E-state index in [2.05, 4.69) is 25.1 Å². The van der Waals surface area contributed by atoms with Crippen LogP contribution in [0.15, 0.2) is 42.5 Å². The largest absolute Gasteiger partial charge is 0.493 e. The van der Waals surface area contributed by atoms with Crippen molar-refractivity contribution in [3.8, 4) is 17.2 Å². The normalized spacial score (nSPS) is 22.8. The van der Waals surface area contributed by atoms with Crippen molar-refractivity contribution < 1.29 is 19.0 Å². The third kappa shape index (κ3) is 4.70. The molecule has 172 valence electrons. The first-order chi connectivity index (χ1) is 15.4. The molecular weight excluding hydrogens is 404 g/mol. The second-order valence-electron chi connectivity index (χ2n) is 9.33. The Morgan fingerprint density at radius 2 is 1.81 bits per heavy atom. The Morgan fingerprint density at radius 1 is 1.09 bits per heavy atom. The average Bonchev–Trinajstić information content (AvgIpc) is 2.96. The molecule has 1 aliphatic heterocycles. The molecule has 0 saturated heterocycles. The Hall–Kier alpha value is -2.73. The van der Waals surface area contributed by atoms with E-state index in [-0.39, 0.29) is 11.5 Å². The maximum absolute atomic E-state index is 13.6. The molecule has 1 spiro atoms. The van der Waals surface area contributed by atoms with Gasteiger partial charge in [-0.2, -0.15) is 0 Å². The number of rotatable bonds is 5. The number of para-hydroxylation sites is 1. The van der Waals surface area contributed by atoms with E-state index in [4.69, 9.17) is 14.2 Å². The lowest BCUT2D eigenvalue weighted by Crippen LogP contribution is -2.50. The molecule has 6 heteroatoms. The van der Waals surface area contributed by atoms with Gasteiger partial charge in [-0.25, -0.2) is 0 Å². The molecule has 1 aliphatic carbocycles. The number of hydrogen-bond donors (Lipinski definition) is 0. The van der Waals surface area contributed by atoms with Crippen LogP contribution >= 0.6 is 0 Å². The molecule has 0 atom stereocenters. The third-order valence-corrected chi connectivity index (χ3v) is 6.70. The zero-order valence-electron chi connectivity index (χ0n) is 19.6. The quantitative estimate of drug-likeness (QED) is 0.699. The van der Waals surface area contributed by atoms with Crippen LogP contribution in [0.5, 0.6) is 17.2 Å². The van der Waals surface area contributed by atoms with Crippen molar-refractivity contribution >= 4 is 5.91 Å². The lowest BCUT2D eigenvalue weighted by molar-refractivity contribution is -0.00724. The van der Waals surface area contributed by atoms with Crippen LogP contribution < -0.4 is 14.2 Å². The monoisotopic (exact) mass is 438 g/mol. The van der Waals surface area contributed by atoms with Crippen LogP contribution in [0, 0.1) is 5.92 Å². The zero-order valence-corrected chi connectivity index (χ0v) is 19.6. The number of methoxy groups -OCH3 is 2. The molecule has 0 radical (unpaired) electrons. The molecule has 0 unspecified atom stereocenters. The van der Waals surface area contributed by atoms with Gasteiger partial charge in [-0.15, -0.1) is 0 Å². The lowest BCUT2D eigenvalue weighted by Gasteiger charge is -2.42. The summed E-state index contributed by atoms with van der Waals surface area (Å²) in [5.74, 6) is 2.74. The molecule has 6 nitrogen and oxygen atoms in total. The van der Waals surface area contributed by atoms with Gasteiger partial charge in [-0.05, 0) is 70.0 Å². The number of benzene rings is 2. The van der Waals surface area contributed by atoms with E-state index in [1.165, 1.54) is 0 Å². The first-order valence-corrected chi connectivity index (χ1v) is 11.4. The SMILES string of the molecule is COc1ccc(C(=O)N2Cc3ccccc3OC3(CCC(CN(C)C)CC3)C2)cc1OC. The molecule has 2 aromatic rings. The number of amides is 1. The second kappa shape index (κ2) is 9.41. The van der Waals surface area contributed by atoms with Crippen LogP contribution in [-0.4, -0.2) is 62.7 Å². The van der Waals surface area contributed by atoms with Gasteiger partial charge in [0.1, 0.15) is 11.4 Å². The Labute approximate surface area is 191 Å². The maximum Gasteiger partial charge on any atom is 0.254 e. The summed E-state index contributed by atoms with van der Waals surface area (Å²) in [7, 11) is 7.45. The highest BCUT2D eigenvalue weighted by atomic mass is 16.5. The van der Waals surface area contributed by atoms with Crippen LogP contribution in [0.3, 0.4) is 0 Å². The van der Waals surface area contributed by atoms with Crippen molar-refractivity contribution in [1.29, 1.82) is 0 Å². The van der Waals surface area contributed by atoms with E-state index in [9.17, 15) is 4.79 Å². The van der Waals surface area contributed by atoms with Crippen LogP contribution in [0.4, 0.5) is 0 Å². The fraction of sp³-hybridized carbons (Fsp3) is 0.500.